The van der Waals surface area contributed by atoms with Crippen molar-refractivity contribution >= 4 is 20.8 Å². The molecular formula is C17H19O6S2. The highest BCUT2D eigenvalue weighted by Gasteiger charge is 2.29. The monoisotopic (exact) mass is 383 g/mol. The SMILES string of the molecule is COC(C)[C](OS(=O)(=O)c1ccc(C)cc1)c1cccc([SH](=O)=O)c1. The Labute approximate surface area is 149 Å². The summed E-state index contributed by atoms with van der Waals surface area (Å²) < 4.78 is 58.0. The Morgan fingerprint density at radius 2 is 1.72 bits per heavy atom. The fourth-order valence-corrected chi connectivity index (χ4v) is 3.59. The average Bonchev–Trinajstić information content (AvgIpc) is 2.59. The van der Waals surface area contributed by atoms with Gasteiger partial charge in [-0.25, -0.2) is 12.6 Å². The molecule has 1 radical (unpaired) electrons. The second-order valence-electron chi connectivity index (χ2n) is 5.40. The number of hydrogen-bond donors (Lipinski definition) is 1. The fourth-order valence-electron chi connectivity index (χ4n) is 2.10. The highest BCUT2D eigenvalue weighted by atomic mass is 32.2. The number of rotatable bonds is 7. The van der Waals surface area contributed by atoms with E-state index in [-0.39, 0.29) is 15.9 Å². The number of aryl methyl sites for hydroxylation is 1. The molecule has 8 heteroatoms. The van der Waals surface area contributed by atoms with Crippen molar-refractivity contribution in [1.82, 2.24) is 0 Å². The molecule has 0 aromatic heterocycles. The third-order valence-electron chi connectivity index (χ3n) is 3.57. The predicted octanol–water partition coefficient (Wildman–Crippen LogP) is 2.29. The molecule has 0 aliphatic heterocycles. The molecule has 135 valence electrons. The zero-order valence-corrected chi connectivity index (χ0v) is 15.7. The van der Waals surface area contributed by atoms with Crippen molar-refractivity contribution in [3.63, 3.8) is 0 Å². The van der Waals surface area contributed by atoms with Gasteiger partial charge in [0.15, 0.2) is 16.8 Å². The fraction of sp³-hybridized carbons (Fsp3) is 0.235. The first-order chi connectivity index (χ1) is 11.7. The lowest BCUT2D eigenvalue weighted by molar-refractivity contribution is 0.0867. The number of ether oxygens (including phenoxy) is 1. The molecule has 2 rings (SSSR count). The lowest BCUT2D eigenvalue weighted by atomic mass is 10.1. The van der Waals surface area contributed by atoms with Crippen molar-refractivity contribution in [3.8, 4) is 0 Å². The highest BCUT2D eigenvalue weighted by molar-refractivity contribution is 7.86. The van der Waals surface area contributed by atoms with Crippen LogP contribution in [0.25, 0.3) is 0 Å². The van der Waals surface area contributed by atoms with Gasteiger partial charge in [-0.3, -0.25) is 0 Å². The Hall–Kier alpha value is -1.74. The molecule has 0 fully saturated rings. The molecule has 0 N–H and O–H groups in total. The van der Waals surface area contributed by atoms with Gasteiger partial charge in [0, 0.05) is 7.11 Å². The van der Waals surface area contributed by atoms with Gasteiger partial charge in [-0.05, 0) is 43.7 Å². The standard InChI is InChI=1S/C17H19O6S2/c1-12-7-9-16(10-8-12)25(20,21)23-17(13(2)22-3)14-5-4-6-15(11-14)24(18)19/h4-11,13,24H,1-3H3. The molecule has 6 nitrogen and oxygen atoms in total. The van der Waals surface area contributed by atoms with Gasteiger partial charge in [-0.15, -0.1) is 0 Å². The van der Waals surface area contributed by atoms with E-state index in [1.54, 1.807) is 25.1 Å². The van der Waals surface area contributed by atoms with Crippen LogP contribution in [0.2, 0.25) is 0 Å². The molecule has 2 aromatic carbocycles. The third-order valence-corrected chi connectivity index (χ3v) is 5.52. The van der Waals surface area contributed by atoms with E-state index < -0.39 is 26.9 Å². The maximum atomic E-state index is 12.5. The second-order valence-corrected chi connectivity index (χ2v) is 7.98. The van der Waals surface area contributed by atoms with E-state index >= 15 is 0 Å². The molecule has 0 saturated carbocycles. The molecule has 0 aliphatic carbocycles. The van der Waals surface area contributed by atoms with Gasteiger partial charge in [0.2, 0.25) is 0 Å². The van der Waals surface area contributed by atoms with Crippen molar-refractivity contribution in [1.29, 1.82) is 0 Å². The van der Waals surface area contributed by atoms with E-state index in [1.165, 1.54) is 37.4 Å². The van der Waals surface area contributed by atoms with Gasteiger partial charge in [-0.1, -0.05) is 29.8 Å². The van der Waals surface area contributed by atoms with Crippen LogP contribution in [0.5, 0.6) is 0 Å². The first-order valence-corrected chi connectivity index (χ1v) is 9.99. The predicted molar refractivity (Wildman–Crippen MR) is 93.3 cm³/mol. The van der Waals surface area contributed by atoms with E-state index in [0.29, 0.717) is 5.56 Å². The minimum absolute atomic E-state index is 0.00459. The summed E-state index contributed by atoms with van der Waals surface area (Å²) in [6.07, 6.45) is -0.679. The Morgan fingerprint density at radius 3 is 2.28 bits per heavy atom. The van der Waals surface area contributed by atoms with Crippen molar-refractivity contribution in [2.24, 2.45) is 0 Å². The quantitative estimate of drug-likeness (QED) is 0.583. The molecule has 0 bridgehead atoms. The minimum Gasteiger partial charge on any atom is -0.378 e. The van der Waals surface area contributed by atoms with Crippen LogP contribution in [-0.2, 0) is 29.7 Å². The van der Waals surface area contributed by atoms with Gasteiger partial charge >= 0.3 is 0 Å². The minimum atomic E-state index is -4.08. The molecule has 1 atom stereocenters. The third kappa shape index (κ3) is 4.88. The summed E-state index contributed by atoms with van der Waals surface area (Å²) in [7, 11) is -5.47. The average molecular weight is 383 g/mol. The van der Waals surface area contributed by atoms with Crippen molar-refractivity contribution in [2.45, 2.75) is 29.7 Å². The van der Waals surface area contributed by atoms with Crippen molar-refractivity contribution in [2.75, 3.05) is 7.11 Å². The summed E-state index contributed by atoms with van der Waals surface area (Å²) in [5, 5.41) is 0. The lowest BCUT2D eigenvalue weighted by Gasteiger charge is -2.22. The molecule has 2 aromatic rings. The van der Waals surface area contributed by atoms with E-state index in [2.05, 4.69) is 0 Å². The first-order valence-electron chi connectivity index (χ1n) is 7.40. The summed E-state index contributed by atoms with van der Waals surface area (Å²) in [5.74, 6) is 0. The molecule has 0 aliphatic rings. The normalized spacial score (nSPS) is 13.3. The summed E-state index contributed by atoms with van der Waals surface area (Å²) >= 11 is 0. The van der Waals surface area contributed by atoms with Crippen LogP contribution in [0.4, 0.5) is 0 Å². The van der Waals surface area contributed by atoms with Crippen LogP contribution < -0.4 is 0 Å². The molecular weight excluding hydrogens is 364 g/mol. The van der Waals surface area contributed by atoms with Gasteiger partial charge in [0.25, 0.3) is 10.1 Å². The first kappa shape index (κ1) is 19.6. The Morgan fingerprint density at radius 1 is 1.08 bits per heavy atom. The van der Waals surface area contributed by atoms with Gasteiger partial charge in [-0.2, -0.15) is 8.42 Å². The van der Waals surface area contributed by atoms with E-state index in [4.69, 9.17) is 8.92 Å². The van der Waals surface area contributed by atoms with Crippen LogP contribution in [-0.4, -0.2) is 30.0 Å². The summed E-state index contributed by atoms with van der Waals surface area (Å²) in [5.41, 5.74) is 1.24. The Bertz CT molecular complexity index is 893. The summed E-state index contributed by atoms with van der Waals surface area (Å²) in [6, 6.07) is 12.1. The Balaban J connectivity index is 2.41. The van der Waals surface area contributed by atoms with Crippen molar-refractivity contribution < 1.29 is 25.8 Å². The van der Waals surface area contributed by atoms with Crippen LogP contribution in [0, 0.1) is 13.0 Å². The maximum Gasteiger partial charge on any atom is 0.298 e. The van der Waals surface area contributed by atoms with Crippen molar-refractivity contribution in [3.05, 3.63) is 65.8 Å². The summed E-state index contributed by atoms with van der Waals surface area (Å²) in [4.78, 5) is 0.0644. The van der Waals surface area contributed by atoms with Crippen LogP contribution >= 0.6 is 0 Å². The molecule has 0 heterocycles. The molecule has 1 unspecified atom stereocenters. The maximum absolute atomic E-state index is 12.5. The van der Waals surface area contributed by atoms with E-state index in [0.717, 1.165) is 5.56 Å². The van der Waals surface area contributed by atoms with Crippen LogP contribution in [0.3, 0.4) is 0 Å². The zero-order valence-electron chi connectivity index (χ0n) is 14.0. The molecule has 0 saturated heterocycles. The zero-order chi connectivity index (χ0) is 18.6. The van der Waals surface area contributed by atoms with E-state index in [9.17, 15) is 16.8 Å². The van der Waals surface area contributed by atoms with Gasteiger partial charge in [0.05, 0.1) is 15.9 Å². The lowest BCUT2D eigenvalue weighted by Crippen LogP contribution is -2.24. The molecule has 25 heavy (non-hydrogen) atoms. The molecule has 0 spiro atoms. The number of hydrogen-bond acceptors (Lipinski definition) is 6. The second kappa shape index (κ2) is 8.09. The highest BCUT2D eigenvalue weighted by Crippen LogP contribution is 2.28. The summed E-state index contributed by atoms with van der Waals surface area (Å²) in [6.45, 7) is 3.46. The smallest absolute Gasteiger partial charge is 0.298 e. The number of benzene rings is 2. The topological polar surface area (TPSA) is 86.7 Å². The number of thiol groups is 1. The Kier molecular flexibility index (Phi) is 6.34. The van der Waals surface area contributed by atoms with E-state index in [1.807, 2.05) is 6.92 Å². The molecule has 0 amide bonds. The van der Waals surface area contributed by atoms with Gasteiger partial charge < -0.3 is 4.74 Å². The van der Waals surface area contributed by atoms with Crippen LogP contribution in [0.1, 0.15) is 18.1 Å². The largest absolute Gasteiger partial charge is 0.378 e. The number of methoxy groups -OCH3 is 1. The van der Waals surface area contributed by atoms with Gasteiger partial charge in [0.1, 0.15) is 0 Å². The van der Waals surface area contributed by atoms with Crippen LogP contribution in [0.15, 0.2) is 58.3 Å².